The first-order valence-corrected chi connectivity index (χ1v) is 5.37. The molecule has 0 radical (unpaired) electrons. The Hall–Kier alpha value is -1.43. The summed E-state index contributed by atoms with van der Waals surface area (Å²) in [6.45, 7) is 6.18. The number of hydrogen-bond donors (Lipinski definition) is 2. The smallest absolute Gasteiger partial charge is 0.237 e. The molecule has 0 saturated heterocycles. The molecule has 1 aromatic heterocycles. The summed E-state index contributed by atoms with van der Waals surface area (Å²) in [4.78, 5) is 15.6. The van der Waals surface area contributed by atoms with E-state index >= 15 is 0 Å². The van der Waals surface area contributed by atoms with E-state index in [1.54, 1.807) is 11.0 Å². The monoisotopic (exact) mass is 225 g/mol. The molecule has 6 nitrogen and oxygen atoms in total. The molecular weight excluding hydrogens is 206 g/mol. The fourth-order valence-corrected chi connectivity index (χ4v) is 1.21. The van der Waals surface area contributed by atoms with Gasteiger partial charge >= 0.3 is 0 Å². The van der Waals surface area contributed by atoms with Gasteiger partial charge in [0.05, 0.1) is 12.6 Å². The Morgan fingerprint density at radius 1 is 1.50 bits per heavy atom. The van der Waals surface area contributed by atoms with Gasteiger partial charge in [-0.1, -0.05) is 0 Å². The van der Waals surface area contributed by atoms with Gasteiger partial charge in [-0.15, -0.1) is 0 Å². The molecule has 1 unspecified atom stereocenters. The van der Waals surface area contributed by atoms with Gasteiger partial charge in [-0.05, 0) is 20.8 Å². The number of carbonyl (C=O) groups is 1. The number of carbonyl (C=O) groups excluding carboxylic acids is 1. The minimum absolute atomic E-state index is 0.00840. The summed E-state index contributed by atoms with van der Waals surface area (Å²) in [5.41, 5.74) is 0. The molecule has 0 saturated carbocycles. The zero-order valence-electron chi connectivity index (χ0n) is 10.2. The number of nitrogens with zero attached hydrogens (tertiary/aromatic N) is 3. The summed E-state index contributed by atoms with van der Waals surface area (Å²) in [5, 5.41) is 10.0. The van der Waals surface area contributed by atoms with Crippen LogP contribution in [0.1, 0.15) is 26.6 Å². The van der Waals surface area contributed by atoms with Crippen LogP contribution in [0.2, 0.25) is 0 Å². The number of amides is 1. The van der Waals surface area contributed by atoms with Crippen LogP contribution in [-0.4, -0.2) is 32.8 Å². The fourth-order valence-electron chi connectivity index (χ4n) is 1.21. The molecule has 0 fully saturated rings. The van der Waals surface area contributed by atoms with E-state index in [-0.39, 0.29) is 18.0 Å². The maximum atomic E-state index is 11.6. The molecule has 0 aliphatic carbocycles. The highest BCUT2D eigenvalue weighted by molar-refractivity contribution is 5.81. The lowest BCUT2D eigenvalue weighted by atomic mass is 10.3. The van der Waals surface area contributed by atoms with E-state index in [0.29, 0.717) is 12.4 Å². The van der Waals surface area contributed by atoms with Gasteiger partial charge in [0, 0.05) is 13.1 Å². The standard InChI is InChI=1S/C10H19N5O/c1-7(2)13-10(16)8(3)11-5-9-12-6-15(4)14-9/h6-8,11H,5H2,1-4H3,(H,13,16). The molecule has 0 aromatic carbocycles. The van der Waals surface area contributed by atoms with Crippen molar-refractivity contribution in [2.24, 2.45) is 7.05 Å². The number of aryl methyl sites for hydroxylation is 1. The molecule has 16 heavy (non-hydrogen) atoms. The molecule has 1 heterocycles. The van der Waals surface area contributed by atoms with Crippen LogP contribution in [-0.2, 0) is 18.4 Å². The normalized spacial score (nSPS) is 12.8. The third-order valence-corrected chi connectivity index (χ3v) is 2.04. The SMILES string of the molecule is CC(C)NC(=O)C(C)NCc1ncn(C)n1. The Kier molecular flexibility index (Phi) is 4.42. The van der Waals surface area contributed by atoms with Crippen LogP contribution in [0.4, 0.5) is 0 Å². The largest absolute Gasteiger partial charge is 0.353 e. The summed E-state index contributed by atoms with van der Waals surface area (Å²) < 4.78 is 1.63. The number of rotatable bonds is 5. The molecule has 0 aliphatic rings. The molecule has 0 aliphatic heterocycles. The molecule has 1 rings (SSSR count). The van der Waals surface area contributed by atoms with Gasteiger partial charge in [-0.3, -0.25) is 14.8 Å². The first-order valence-electron chi connectivity index (χ1n) is 5.37. The Morgan fingerprint density at radius 3 is 2.69 bits per heavy atom. The second-order valence-electron chi connectivity index (χ2n) is 4.10. The topological polar surface area (TPSA) is 71.8 Å². The molecule has 2 N–H and O–H groups in total. The molecule has 0 spiro atoms. The number of aromatic nitrogens is 3. The summed E-state index contributed by atoms with van der Waals surface area (Å²) in [6.07, 6.45) is 1.63. The quantitative estimate of drug-likeness (QED) is 0.729. The highest BCUT2D eigenvalue weighted by atomic mass is 16.2. The van der Waals surface area contributed by atoms with Crippen molar-refractivity contribution >= 4 is 5.91 Å². The minimum Gasteiger partial charge on any atom is -0.353 e. The Morgan fingerprint density at radius 2 is 2.19 bits per heavy atom. The van der Waals surface area contributed by atoms with Gasteiger partial charge in [0.15, 0.2) is 5.82 Å². The van der Waals surface area contributed by atoms with E-state index in [4.69, 9.17) is 0 Å². The second-order valence-corrected chi connectivity index (χ2v) is 4.10. The Balaban J connectivity index is 2.34. The number of hydrogen-bond acceptors (Lipinski definition) is 4. The third-order valence-electron chi connectivity index (χ3n) is 2.04. The van der Waals surface area contributed by atoms with Gasteiger partial charge in [0.1, 0.15) is 6.33 Å². The van der Waals surface area contributed by atoms with Crippen LogP contribution in [0.15, 0.2) is 6.33 Å². The van der Waals surface area contributed by atoms with E-state index in [1.165, 1.54) is 0 Å². The van der Waals surface area contributed by atoms with Crippen LogP contribution in [0.3, 0.4) is 0 Å². The van der Waals surface area contributed by atoms with Crippen molar-refractivity contribution < 1.29 is 4.79 Å². The third kappa shape index (κ3) is 3.98. The molecule has 1 aromatic rings. The predicted molar refractivity (Wildman–Crippen MR) is 60.6 cm³/mol. The van der Waals surface area contributed by atoms with Crippen LogP contribution in [0, 0.1) is 0 Å². The van der Waals surface area contributed by atoms with Gasteiger partial charge < -0.3 is 5.32 Å². The van der Waals surface area contributed by atoms with Crippen molar-refractivity contribution in [2.75, 3.05) is 0 Å². The van der Waals surface area contributed by atoms with E-state index in [9.17, 15) is 4.79 Å². The van der Waals surface area contributed by atoms with Gasteiger partial charge in [0.2, 0.25) is 5.91 Å². The second kappa shape index (κ2) is 5.60. The zero-order chi connectivity index (χ0) is 12.1. The highest BCUT2D eigenvalue weighted by Gasteiger charge is 2.13. The van der Waals surface area contributed by atoms with Crippen LogP contribution in [0.5, 0.6) is 0 Å². The average molecular weight is 225 g/mol. The zero-order valence-corrected chi connectivity index (χ0v) is 10.2. The average Bonchev–Trinajstić information content (AvgIpc) is 2.59. The molecular formula is C10H19N5O. The summed E-state index contributed by atoms with van der Waals surface area (Å²) >= 11 is 0. The van der Waals surface area contributed by atoms with Crippen molar-refractivity contribution in [3.05, 3.63) is 12.2 Å². The molecule has 6 heteroatoms. The van der Waals surface area contributed by atoms with E-state index < -0.39 is 0 Å². The van der Waals surface area contributed by atoms with Gasteiger partial charge in [-0.2, -0.15) is 5.10 Å². The summed E-state index contributed by atoms with van der Waals surface area (Å²) in [5.74, 6) is 0.678. The number of nitrogens with one attached hydrogen (secondary N) is 2. The fraction of sp³-hybridized carbons (Fsp3) is 0.700. The van der Waals surface area contributed by atoms with E-state index in [2.05, 4.69) is 20.7 Å². The first-order chi connectivity index (χ1) is 7.49. The van der Waals surface area contributed by atoms with E-state index in [1.807, 2.05) is 27.8 Å². The molecule has 1 atom stereocenters. The molecule has 0 bridgehead atoms. The van der Waals surface area contributed by atoms with Crippen molar-refractivity contribution in [1.29, 1.82) is 0 Å². The Bertz CT molecular complexity index is 347. The van der Waals surface area contributed by atoms with Gasteiger partial charge in [-0.25, -0.2) is 4.98 Å². The van der Waals surface area contributed by atoms with Crippen LogP contribution >= 0.6 is 0 Å². The maximum absolute atomic E-state index is 11.6. The van der Waals surface area contributed by atoms with Crippen molar-refractivity contribution in [1.82, 2.24) is 25.4 Å². The van der Waals surface area contributed by atoms with Crippen molar-refractivity contribution in [2.45, 2.75) is 39.4 Å². The summed E-state index contributed by atoms with van der Waals surface area (Å²) in [6, 6.07) is -0.0871. The predicted octanol–water partition coefficient (Wildman–Crippen LogP) is -0.182. The maximum Gasteiger partial charge on any atom is 0.237 e. The minimum atomic E-state index is -0.244. The summed E-state index contributed by atoms with van der Waals surface area (Å²) in [7, 11) is 1.81. The lowest BCUT2D eigenvalue weighted by Gasteiger charge is -2.14. The van der Waals surface area contributed by atoms with Gasteiger partial charge in [0.25, 0.3) is 0 Å². The van der Waals surface area contributed by atoms with Crippen molar-refractivity contribution in [3.8, 4) is 0 Å². The van der Waals surface area contributed by atoms with Crippen LogP contribution < -0.4 is 10.6 Å². The van der Waals surface area contributed by atoms with E-state index in [0.717, 1.165) is 0 Å². The van der Waals surface area contributed by atoms with Crippen LogP contribution in [0.25, 0.3) is 0 Å². The van der Waals surface area contributed by atoms with Crippen molar-refractivity contribution in [3.63, 3.8) is 0 Å². The highest BCUT2D eigenvalue weighted by Crippen LogP contribution is 1.90. The lowest BCUT2D eigenvalue weighted by molar-refractivity contribution is -0.123. The molecule has 90 valence electrons. The first kappa shape index (κ1) is 12.6. The lowest BCUT2D eigenvalue weighted by Crippen LogP contribution is -2.44. The molecule has 1 amide bonds. The Labute approximate surface area is 95.4 Å².